The van der Waals surface area contributed by atoms with Crippen LogP contribution in [0.5, 0.6) is 5.75 Å². The first-order valence-corrected chi connectivity index (χ1v) is 9.53. The van der Waals surface area contributed by atoms with Crippen molar-refractivity contribution in [2.75, 3.05) is 18.0 Å². The predicted octanol–water partition coefficient (Wildman–Crippen LogP) is 4.95. The van der Waals surface area contributed by atoms with Crippen molar-refractivity contribution in [3.63, 3.8) is 0 Å². The summed E-state index contributed by atoms with van der Waals surface area (Å²) in [4.78, 5) is 9.72. The number of hydrogen-bond acceptors (Lipinski definition) is 5. The highest BCUT2D eigenvalue weighted by Gasteiger charge is 2.36. The van der Waals surface area contributed by atoms with Gasteiger partial charge in [0.15, 0.2) is 5.82 Å². The van der Waals surface area contributed by atoms with Crippen LogP contribution in [-0.2, 0) is 5.60 Å². The number of alkyl halides is 5. The van der Waals surface area contributed by atoms with Crippen molar-refractivity contribution in [3.05, 3.63) is 59.9 Å². The van der Waals surface area contributed by atoms with Crippen LogP contribution >= 0.6 is 0 Å². The number of hydrogen-bond donors (Lipinski definition) is 1. The van der Waals surface area contributed by atoms with Gasteiger partial charge >= 0.3 is 6.36 Å². The molecule has 3 aromatic rings. The number of fused-ring (bicyclic) bond motifs is 1. The summed E-state index contributed by atoms with van der Waals surface area (Å²) >= 11 is 0. The molecule has 0 unspecified atom stereocenters. The van der Waals surface area contributed by atoms with Gasteiger partial charge < -0.3 is 14.7 Å². The van der Waals surface area contributed by atoms with Crippen LogP contribution in [0, 0.1) is 0 Å². The molecule has 10 heteroatoms. The average molecular weight is 439 g/mol. The first-order valence-electron chi connectivity index (χ1n) is 9.53. The fourth-order valence-corrected chi connectivity index (χ4v) is 3.78. The number of benzene rings is 2. The minimum atomic E-state index is -4.83. The molecule has 0 bridgehead atoms. The van der Waals surface area contributed by atoms with Crippen molar-refractivity contribution in [3.8, 4) is 5.75 Å². The van der Waals surface area contributed by atoms with Crippen molar-refractivity contribution in [2.45, 2.75) is 31.2 Å². The number of piperidine rings is 1. The van der Waals surface area contributed by atoms with Gasteiger partial charge in [-0.25, -0.2) is 18.7 Å². The number of anilines is 1. The smallest absolute Gasteiger partial charge is 0.406 e. The normalized spacial score (nSPS) is 16.7. The molecule has 1 N–H and O–H groups in total. The van der Waals surface area contributed by atoms with E-state index in [-0.39, 0.29) is 25.9 Å². The summed E-state index contributed by atoms with van der Waals surface area (Å²) in [6, 6.07) is 12.1. The average Bonchev–Trinajstić information content (AvgIpc) is 2.72. The fraction of sp³-hybridized carbons (Fsp3) is 0.333. The lowest BCUT2D eigenvalue weighted by atomic mass is 9.84. The molecule has 0 atom stereocenters. The van der Waals surface area contributed by atoms with E-state index in [0.717, 1.165) is 12.1 Å². The molecule has 1 fully saturated rings. The Labute approximate surface area is 174 Å². The van der Waals surface area contributed by atoms with Gasteiger partial charge in [0.05, 0.1) is 11.1 Å². The third-order valence-electron chi connectivity index (χ3n) is 5.29. The molecule has 2 heterocycles. The molecular weight excluding hydrogens is 421 g/mol. The lowest BCUT2D eigenvalue weighted by molar-refractivity contribution is -0.274. The Morgan fingerprint density at radius 2 is 1.71 bits per heavy atom. The van der Waals surface area contributed by atoms with Crippen molar-refractivity contribution < 1.29 is 31.8 Å². The standard InChI is InChI=1S/C21H18F5N3O2/c22-17(23)18-27-16-7-2-1-6-15(16)19(28-18)29-10-8-20(30,9-11-29)13-4-3-5-14(12-13)31-21(24,25)26/h1-7,12,17,30H,8-11H2. The number of ether oxygens (including phenoxy) is 1. The summed E-state index contributed by atoms with van der Waals surface area (Å²) in [5.74, 6) is -0.645. The van der Waals surface area contributed by atoms with E-state index >= 15 is 0 Å². The first-order chi connectivity index (χ1) is 14.6. The van der Waals surface area contributed by atoms with E-state index in [1.807, 2.05) is 0 Å². The number of aliphatic hydroxyl groups is 1. The molecule has 31 heavy (non-hydrogen) atoms. The van der Waals surface area contributed by atoms with Crippen LogP contribution < -0.4 is 9.64 Å². The minimum absolute atomic E-state index is 0.171. The van der Waals surface area contributed by atoms with Gasteiger partial charge in [-0.2, -0.15) is 0 Å². The molecule has 0 aliphatic carbocycles. The Morgan fingerprint density at radius 1 is 1.00 bits per heavy atom. The Hall–Kier alpha value is -3.01. The lowest BCUT2D eigenvalue weighted by Crippen LogP contribution is -2.43. The number of aromatic nitrogens is 2. The predicted molar refractivity (Wildman–Crippen MR) is 103 cm³/mol. The van der Waals surface area contributed by atoms with Crippen molar-refractivity contribution in [1.29, 1.82) is 0 Å². The van der Waals surface area contributed by atoms with Gasteiger partial charge in [0, 0.05) is 18.5 Å². The maximum Gasteiger partial charge on any atom is 0.573 e. The molecule has 5 nitrogen and oxygen atoms in total. The summed E-state index contributed by atoms with van der Waals surface area (Å²) in [5.41, 5.74) is -0.689. The van der Waals surface area contributed by atoms with Gasteiger partial charge in [0.1, 0.15) is 11.6 Å². The van der Waals surface area contributed by atoms with Crippen molar-refractivity contribution in [1.82, 2.24) is 9.97 Å². The van der Waals surface area contributed by atoms with Crippen LogP contribution in [-0.4, -0.2) is 34.5 Å². The second-order valence-corrected chi connectivity index (χ2v) is 7.32. The highest BCUT2D eigenvalue weighted by Crippen LogP contribution is 2.38. The molecule has 164 valence electrons. The second kappa shape index (κ2) is 7.92. The monoisotopic (exact) mass is 439 g/mol. The number of halogens is 5. The van der Waals surface area contributed by atoms with E-state index in [2.05, 4.69) is 14.7 Å². The van der Waals surface area contributed by atoms with Crippen LogP contribution in [0.2, 0.25) is 0 Å². The molecule has 0 saturated carbocycles. The highest BCUT2D eigenvalue weighted by molar-refractivity contribution is 5.89. The summed E-state index contributed by atoms with van der Waals surface area (Å²) in [6.45, 7) is 0.537. The molecule has 1 aliphatic heterocycles. The van der Waals surface area contributed by atoms with Gasteiger partial charge in [0.25, 0.3) is 6.43 Å². The third-order valence-corrected chi connectivity index (χ3v) is 5.29. The first kappa shape index (κ1) is 21.2. The summed E-state index contributed by atoms with van der Waals surface area (Å²) < 4.78 is 68.0. The number of rotatable bonds is 4. The van der Waals surface area contributed by atoms with E-state index in [4.69, 9.17) is 0 Å². The third kappa shape index (κ3) is 4.53. The van der Waals surface area contributed by atoms with Gasteiger partial charge in [0.2, 0.25) is 0 Å². The maximum absolute atomic E-state index is 13.3. The molecule has 1 aromatic heterocycles. The summed E-state index contributed by atoms with van der Waals surface area (Å²) in [6.07, 6.45) is -7.32. The van der Waals surface area contributed by atoms with Crippen LogP contribution in [0.3, 0.4) is 0 Å². The lowest BCUT2D eigenvalue weighted by Gasteiger charge is -2.39. The van der Waals surface area contributed by atoms with E-state index in [1.165, 1.54) is 12.1 Å². The molecule has 1 saturated heterocycles. The van der Waals surface area contributed by atoms with Crippen molar-refractivity contribution in [2.24, 2.45) is 0 Å². The number of para-hydroxylation sites is 1. The molecule has 4 rings (SSSR count). The zero-order valence-corrected chi connectivity index (χ0v) is 16.1. The van der Waals surface area contributed by atoms with E-state index < -0.39 is 30.0 Å². The highest BCUT2D eigenvalue weighted by atomic mass is 19.4. The molecule has 0 radical (unpaired) electrons. The molecule has 1 aliphatic rings. The largest absolute Gasteiger partial charge is 0.573 e. The van der Waals surface area contributed by atoms with Crippen molar-refractivity contribution >= 4 is 16.7 Å². The molecule has 2 aromatic carbocycles. The Balaban J connectivity index is 1.59. The quantitative estimate of drug-likeness (QED) is 0.583. The second-order valence-electron chi connectivity index (χ2n) is 7.32. The molecule has 0 spiro atoms. The summed E-state index contributed by atoms with van der Waals surface area (Å²) in [5, 5.41) is 11.7. The molecular formula is C21H18F5N3O2. The van der Waals surface area contributed by atoms with Gasteiger partial charge in [-0.3, -0.25) is 0 Å². The number of nitrogens with zero attached hydrogens (tertiary/aromatic N) is 3. The minimum Gasteiger partial charge on any atom is -0.406 e. The SMILES string of the molecule is OC1(c2cccc(OC(F)(F)F)c2)CCN(c2nc(C(F)F)nc3ccccc23)CC1. The van der Waals surface area contributed by atoms with Crippen LogP contribution in [0.1, 0.15) is 30.7 Å². The van der Waals surface area contributed by atoms with E-state index in [9.17, 15) is 27.1 Å². The molecule has 0 amide bonds. The van der Waals surface area contributed by atoms with Gasteiger partial charge in [-0.1, -0.05) is 24.3 Å². The Bertz CT molecular complexity index is 1080. The van der Waals surface area contributed by atoms with Crippen LogP contribution in [0.4, 0.5) is 27.8 Å². The fourth-order valence-electron chi connectivity index (χ4n) is 3.78. The van der Waals surface area contributed by atoms with Gasteiger partial charge in [-0.05, 0) is 42.7 Å². The van der Waals surface area contributed by atoms with E-state index in [1.54, 1.807) is 29.2 Å². The topological polar surface area (TPSA) is 58.5 Å². The van der Waals surface area contributed by atoms with E-state index in [0.29, 0.717) is 22.3 Å². The Morgan fingerprint density at radius 3 is 2.39 bits per heavy atom. The zero-order valence-electron chi connectivity index (χ0n) is 16.1. The van der Waals surface area contributed by atoms with Crippen LogP contribution in [0.25, 0.3) is 10.9 Å². The maximum atomic E-state index is 13.3. The summed E-state index contributed by atoms with van der Waals surface area (Å²) in [7, 11) is 0. The van der Waals surface area contributed by atoms with Gasteiger partial charge in [-0.15, -0.1) is 13.2 Å². The zero-order chi connectivity index (χ0) is 22.2. The Kier molecular flexibility index (Phi) is 5.42. The van der Waals surface area contributed by atoms with Crippen LogP contribution in [0.15, 0.2) is 48.5 Å².